The molecule has 0 N–H and O–H groups in total. The van der Waals surface area contributed by atoms with Gasteiger partial charge in [-0.2, -0.15) is 0 Å². The molecule has 2 heterocycles. The van der Waals surface area contributed by atoms with E-state index in [1.165, 1.54) is 6.26 Å². The number of benzene rings is 2. The molecule has 0 atom stereocenters. The van der Waals surface area contributed by atoms with Gasteiger partial charge in [-0.1, -0.05) is 60.7 Å². The highest BCUT2D eigenvalue weighted by Gasteiger charge is 2.19. The summed E-state index contributed by atoms with van der Waals surface area (Å²) in [6, 6.07) is 21.0. The van der Waals surface area contributed by atoms with E-state index in [9.17, 15) is 4.79 Å². The van der Waals surface area contributed by atoms with E-state index < -0.39 is 0 Å². The van der Waals surface area contributed by atoms with Gasteiger partial charge in [0, 0.05) is 5.56 Å². The van der Waals surface area contributed by atoms with Crippen molar-refractivity contribution in [3.8, 4) is 22.5 Å². The van der Waals surface area contributed by atoms with Gasteiger partial charge in [0.05, 0.1) is 11.8 Å². The van der Waals surface area contributed by atoms with Crippen molar-refractivity contribution in [1.29, 1.82) is 0 Å². The fourth-order valence-electron chi connectivity index (χ4n) is 2.63. The molecular formula is C19H12O3. The zero-order valence-corrected chi connectivity index (χ0v) is 11.7. The second-order valence-corrected chi connectivity index (χ2v) is 4.99. The molecule has 0 spiro atoms. The lowest BCUT2D eigenvalue weighted by atomic mass is 9.99. The van der Waals surface area contributed by atoms with E-state index in [0.29, 0.717) is 16.7 Å². The van der Waals surface area contributed by atoms with E-state index in [1.807, 2.05) is 60.7 Å². The van der Waals surface area contributed by atoms with Crippen LogP contribution >= 0.6 is 0 Å². The molecule has 2 aromatic heterocycles. The summed E-state index contributed by atoms with van der Waals surface area (Å²) in [6.07, 6.45) is 1.52. The summed E-state index contributed by atoms with van der Waals surface area (Å²) in [4.78, 5) is 12.2. The van der Waals surface area contributed by atoms with Gasteiger partial charge >= 0.3 is 5.63 Å². The van der Waals surface area contributed by atoms with E-state index in [4.69, 9.17) is 8.83 Å². The molecule has 22 heavy (non-hydrogen) atoms. The normalized spacial score (nSPS) is 10.9. The standard InChI is InChI=1S/C19H12O3/c20-19-15-11-12-21-18(15)16(13-7-3-1-4-8-13)17(22-19)14-9-5-2-6-10-14/h1-12H. The van der Waals surface area contributed by atoms with Crippen molar-refractivity contribution in [2.24, 2.45) is 0 Å². The topological polar surface area (TPSA) is 43.4 Å². The van der Waals surface area contributed by atoms with Crippen LogP contribution in [-0.4, -0.2) is 0 Å². The van der Waals surface area contributed by atoms with Crippen molar-refractivity contribution in [2.75, 3.05) is 0 Å². The Morgan fingerprint density at radius 3 is 2.05 bits per heavy atom. The number of hydrogen-bond acceptors (Lipinski definition) is 3. The molecule has 2 aromatic carbocycles. The quantitative estimate of drug-likeness (QED) is 0.536. The Kier molecular flexibility index (Phi) is 2.90. The number of hydrogen-bond donors (Lipinski definition) is 0. The van der Waals surface area contributed by atoms with Gasteiger partial charge < -0.3 is 8.83 Å². The lowest BCUT2D eigenvalue weighted by Crippen LogP contribution is -2.01. The van der Waals surface area contributed by atoms with Crippen LogP contribution in [0.5, 0.6) is 0 Å². The average molecular weight is 288 g/mol. The molecule has 4 aromatic rings. The summed E-state index contributed by atoms with van der Waals surface area (Å²) in [7, 11) is 0. The smallest absolute Gasteiger partial charge is 0.347 e. The largest absolute Gasteiger partial charge is 0.463 e. The van der Waals surface area contributed by atoms with E-state index >= 15 is 0 Å². The van der Waals surface area contributed by atoms with E-state index in [1.54, 1.807) is 6.07 Å². The monoisotopic (exact) mass is 288 g/mol. The molecule has 0 unspecified atom stereocenters. The van der Waals surface area contributed by atoms with Gasteiger partial charge in [-0.15, -0.1) is 0 Å². The van der Waals surface area contributed by atoms with Gasteiger partial charge in [0.15, 0.2) is 5.58 Å². The summed E-state index contributed by atoms with van der Waals surface area (Å²) in [5.41, 5.74) is 2.76. The van der Waals surface area contributed by atoms with Gasteiger partial charge in [0.2, 0.25) is 0 Å². The molecule has 106 valence electrons. The third-order valence-electron chi connectivity index (χ3n) is 3.63. The van der Waals surface area contributed by atoms with Crippen LogP contribution in [-0.2, 0) is 0 Å². The highest BCUT2D eigenvalue weighted by molar-refractivity contribution is 5.97. The van der Waals surface area contributed by atoms with Gasteiger partial charge in [-0.05, 0) is 11.6 Å². The molecule has 3 heteroatoms. The fourth-order valence-corrected chi connectivity index (χ4v) is 2.63. The van der Waals surface area contributed by atoms with Crippen LogP contribution in [0.25, 0.3) is 33.4 Å². The first-order valence-electron chi connectivity index (χ1n) is 7.00. The molecular weight excluding hydrogens is 276 g/mol. The third-order valence-corrected chi connectivity index (χ3v) is 3.63. The van der Waals surface area contributed by atoms with Crippen molar-refractivity contribution in [3.63, 3.8) is 0 Å². The summed E-state index contributed by atoms with van der Waals surface area (Å²) >= 11 is 0. The molecule has 0 aliphatic carbocycles. The Morgan fingerprint density at radius 2 is 1.36 bits per heavy atom. The molecule has 0 amide bonds. The second-order valence-electron chi connectivity index (χ2n) is 4.99. The molecule has 0 saturated heterocycles. The zero-order chi connectivity index (χ0) is 14.9. The summed E-state index contributed by atoms with van der Waals surface area (Å²) in [5.74, 6) is 0.527. The van der Waals surface area contributed by atoms with E-state index in [0.717, 1.165) is 16.7 Å². The molecule has 0 aliphatic rings. The van der Waals surface area contributed by atoms with Crippen LogP contribution in [0.1, 0.15) is 0 Å². The average Bonchev–Trinajstić information content (AvgIpc) is 3.06. The highest BCUT2D eigenvalue weighted by Crippen LogP contribution is 2.36. The van der Waals surface area contributed by atoms with Gasteiger partial charge in [0.1, 0.15) is 11.1 Å². The van der Waals surface area contributed by atoms with Crippen molar-refractivity contribution in [2.45, 2.75) is 0 Å². The Hall–Kier alpha value is -3.07. The van der Waals surface area contributed by atoms with Crippen LogP contribution in [0.15, 0.2) is 86.6 Å². The van der Waals surface area contributed by atoms with Crippen molar-refractivity contribution >= 4 is 11.0 Å². The number of rotatable bonds is 2. The molecule has 3 nitrogen and oxygen atoms in total. The fraction of sp³-hybridized carbons (Fsp3) is 0. The predicted molar refractivity (Wildman–Crippen MR) is 85.6 cm³/mol. The van der Waals surface area contributed by atoms with Crippen LogP contribution < -0.4 is 5.63 Å². The minimum atomic E-state index is -0.387. The summed E-state index contributed by atoms with van der Waals surface area (Å²) in [5, 5.41) is 0.457. The number of fused-ring (bicyclic) bond motifs is 1. The zero-order valence-electron chi connectivity index (χ0n) is 11.7. The lowest BCUT2D eigenvalue weighted by Gasteiger charge is -2.09. The van der Waals surface area contributed by atoms with Gasteiger partial charge in [-0.25, -0.2) is 4.79 Å². The number of furan rings is 1. The van der Waals surface area contributed by atoms with Crippen molar-refractivity contribution < 1.29 is 8.83 Å². The Balaban J connectivity index is 2.14. The van der Waals surface area contributed by atoms with E-state index in [2.05, 4.69) is 0 Å². The first-order chi connectivity index (χ1) is 10.8. The Morgan fingerprint density at radius 1 is 0.727 bits per heavy atom. The van der Waals surface area contributed by atoms with Gasteiger partial charge in [0.25, 0.3) is 0 Å². The van der Waals surface area contributed by atoms with Crippen molar-refractivity contribution in [3.05, 3.63) is 83.4 Å². The Labute approximate surface area is 126 Å². The maximum absolute atomic E-state index is 12.2. The van der Waals surface area contributed by atoms with Crippen LogP contribution in [0.2, 0.25) is 0 Å². The first-order valence-corrected chi connectivity index (χ1v) is 7.00. The minimum Gasteiger partial charge on any atom is -0.463 e. The van der Waals surface area contributed by atoms with Crippen LogP contribution in [0, 0.1) is 0 Å². The van der Waals surface area contributed by atoms with Crippen LogP contribution in [0.3, 0.4) is 0 Å². The van der Waals surface area contributed by atoms with Gasteiger partial charge in [-0.3, -0.25) is 0 Å². The van der Waals surface area contributed by atoms with Crippen molar-refractivity contribution in [1.82, 2.24) is 0 Å². The molecule has 0 fully saturated rings. The molecule has 0 saturated carbocycles. The second kappa shape index (κ2) is 5.04. The highest BCUT2D eigenvalue weighted by atomic mass is 16.4. The SMILES string of the molecule is O=c1oc(-c2ccccc2)c(-c2ccccc2)c2occc12. The molecule has 0 radical (unpaired) electrons. The predicted octanol–water partition coefficient (Wildman–Crippen LogP) is 4.72. The third kappa shape index (κ3) is 1.95. The molecule has 0 bridgehead atoms. The Bertz CT molecular complexity index is 980. The van der Waals surface area contributed by atoms with E-state index in [-0.39, 0.29) is 5.63 Å². The molecule has 4 rings (SSSR count). The maximum atomic E-state index is 12.2. The molecule has 0 aliphatic heterocycles. The lowest BCUT2D eigenvalue weighted by molar-refractivity contribution is 0.532. The summed E-state index contributed by atoms with van der Waals surface area (Å²) < 4.78 is 11.2. The minimum absolute atomic E-state index is 0.387. The summed E-state index contributed by atoms with van der Waals surface area (Å²) in [6.45, 7) is 0. The first kappa shape index (κ1) is 12.7. The van der Waals surface area contributed by atoms with Crippen LogP contribution in [0.4, 0.5) is 0 Å². The maximum Gasteiger partial charge on any atom is 0.347 e.